The first kappa shape index (κ1) is 18.2. The van der Waals surface area contributed by atoms with Gasteiger partial charge in [0.15, 0.2) is 0 Å². The van der Waals surface area contributed by atoms with Crippen molar-refractivity contribution in [2.45, 2.75) is 31.2 Å². The second kappa shape index (κ2) is 7.10. The molecule has 0 saturated carbocycles. The Labute approximate surface area is 164 Å². The minimum absolute atomic E-state index is 0.0606. The molecule has 0 spiro atoms. The summed E-state index contributed by atoms with van der Waals surface area (Å²) in [5.74, 6) is -1.37. The molecule has 140 valence electrons. The van der Waals surface area contributed by atoms with E-state index in [0.29, 0.717) is 17.1 Å². The number of aliphatic carboxylic acids is 1. The average Bonchev–Trinajstić information content (AvgIpc) is 3.23. The Morgan fingerprint density at radius 3 is 2.81 bits per heavy atom. The number of nitrogens with zero attached hydrogens (tertiary/aromatic N) is 2. The number of aliphatic hydroxyl groups excluding tert-OH is 1. The number of carboxylic acids is 1. The number of amides is 1. The molecule has 3 atom stereocenters. The molecule has 2 aliphatic heterocycles. The molecule has 2 aliphatic rings. The molecular formula is C19H18N2O4S2. The van der Waals surface area contributed by atoms with Crippen LogP contribution in [0.3, 0.4) is 0 Å². The van der Waals surface area contributed by atoms with Crippen LogP contribution in [0.2, 0.25) is 0 Å². The molecule has 0 radical (unpaired) electrons. The minimum Gasteiger partial charge on any atom is -0.477 e. The first-order valence-corrected chi connectivity index (χ1v) is 10.4. The number of carbonyl (C=O) groups excluding carboxylic acids is 1. The summed E-state index contributed by atoms with van der Waals surface area (Å²) >= 11 is 2.97. The summed E-state index contributed by atoms with van der Waals surface area (Å²) in [4.78, 5) is 30.6. The topological polar surface area (TPSA) is 90.7 Å². The van der Waals surface area contributed by atoms with Crippen LogP contribution in [0, 0.1) is 5.92 Å². The highest BCUT2D eigenvalue weighted by molar-refractivity contribution is 8.02. The van der Waals surface area contributed by atoms with E-state index in [1.165, 1.54) is 16.7 Å². The van der Waals surface area contributed by atoms with Gasteiger partial charge in [-0.1, -0.05) is 30.3 Å². The van der Waals surface area contributed by atoms with E-state index in [4.69, 9.17) is 0 Å². The molecule has 1 aromatic carbocycles. The van der Waals surface area contributed by atoms with Gasteiger partial charge in [0.05, 0.1) is 23.8 Å². The molecule has 0 aliphatic carbocycles. The molecule has 3 heterocycles. The Bertz CT molecular complexity index is 923. The highest BCUT2D eigenvalue weighted by atomic mass is 32.2. The van der Waals surface area contributed by atoms with E-state index < -0.39 is 18.0 Å². The summed E-state index contributed by atoms with van der Waals surface area (Å²) in [6.45, 7) is 1.58. The Kier molecular flexibility index (Phi) is 4.79. The normalized spacial score (nSPS) is 22.6. The lowest BCUT2D eigenvalue weighted by Gasteiger charge is -2.44. The van der Waals surface area contributed by atoms with Crippen molar-refractivity contribution in [1.29, 1.82) is 0 Å². The van der Waals surface area contributed by atoms with E-state index in [0.717, 1.165) is 16.3 Å². The number of thiazole rings is 1. The number of carbonyl (C=O) groups is 2. The predicted octanol–water partition coefficient (Wildman–Crippen LogP) is 2.95. The third kappa shape index (κ3) is 3.18. The van der Waals surface area contributed by atoms with Crippen LogP contribution in [0.5, 0.6) is 0 Å². The van der Waals surface area contributed by atoms with Crippen LogP contribution in [-0.2, 0) is 15.3 Å². The van der Waals surface area contributed by atoms with Crippen LogP contribution in [-0.4, -0.2) is 44.1 Å². The van der Waals surface area contributed by atoms with Gasteiger partial charge in [-0.3, -0.25) is 4.79 Å². The lowest BCUT2D eigenvalue weighted by Crippen LogP contribution is -2.61. The molecule has 27 heavy (non-hydrogen) atoms. The fourth-order valence-electron chi connectivity index (χ4n) is 3.61. The number of hydrogen-bond acceptors (Lipinski definition) is 6. The maximum atomic E-state index is 12.2. The molecule has 1 aromatic heterocycles. The van der Waals surface area contributed by atoms with Crippen molar-refractivity contribution < 1.29 is 19.8 Å². The SMILES string of the molecule is C[C@H](O)[C@H]1C(=O)N2C(C(=O)O)=C(SCc3csc(-c4ccccc4)n3)C[C@H]12. The monoisotopic (exact) mass is 402 g/mol. The van der Waals surface area contributed by atoms with Crippen molar-refractivity contribution in [2.75, 3.05) is 0 Å². The molecule has 1 amide bonds. The number of rotatable bonds is 6. The van der Waals surface area contributed by atoms with Gasteiger partial charge in [0, 0.05) is 28.0 Å². The van der Waals surface area contributed by atoms with Gasteiger partial charge in [-0.2, -0.15) is 0 Å². The molecule has 6 nitrogen and oxygen atoms in total. The highest BCUT2D eigenvalue weighted by Crippen LogP contribution is 2.47. The molecule has 1 saturated heterocycles. The van der Waals surface area contributed by atoms with Crippen LogP contribution < -0.4 is 0 Å². The third-order valence-electron chi connectivity index (χ3n) is 4.86. The molecule has 0 bridgehead atoms. The number of thioether (sulfide) groups is 1. The van der Waals surface area contributed by atoms with Gasteiger partial charge < -0.3 is 15.1 Å². The number of β-lactam (4-membered cyclic amide) rings is 1. The van der Waals surface area contributed by atoms with Crippen LogP contribution >= 0.6 is 23.1 Å². The molecule has 1 fully saturated rings. The van der Waals surface area contributed by atoms with Gasteiger partial charge >= 0.3 is 5.97 Å². The van der Waals surface area contributed by atoms with Gasteiger partial charge in [-0.05, 0) is 6.92 Å². The molecule has 8 heteroatoms. The fourth-order valence-corrected chi connectivity index (χ4v) is 5.62. The Morgan fingerprint density at radius 1 is 1.41 bits per heavy atom. The zero-order valence-electron chi connectivity index (χ0n) is 14.5. The highest BCUT2D eigenvalue weighted by Gasteiger charge is 2.56. The molecular weight excluding hydrogens is 384 g/mol. The largest absolute Gasteiger partial charge is 0.477 e. The van der Waals surface area contributed by atoms with Gasteiger partial charge in [0.1, 0.15) is 10.7 Å². The molecule has 4 rings (SSSR count). The smallest absolute Gasteiger partial charge is 0.353 e. The quantitative estimate of drug-likeness (QED) is 0.722. The van der Waals surface area contributed by atoms with E-state index in [1.807, 2.05) is 35.7 Å². The number of carboxylic acid groups (broad SMARTS) is 1. The van der Waals surface area contributed by atoms with Crippen molar-refractivity contribution in [2.24, 2.45) is 5.92 Å². The van der Waals surface area contributed by atoms with Crippen molar-refractivity contribution >= 4 is 35.0 Å². The number of aromatic nitrogens is 1. The van der Waals surface area contributed by atoms with Crippen LogP contribution in [0.4, 0.5) is 0 Å². The molecule has 2 N–H and O–H groups in total. The summed E-state index contributed by atoms with van der Waals surface area (Å²) in [6, 6.07) is 9.65. The van der Waals surface area contributed by atoms with Crippen LogP contribution in [0.25, 0.3) is 10.6 Å². The van der Waals surface area contributed by atoms with E-state index in [1.54, 1.807) is 18.3 Å². The lowest BCUT2D eigenvalue weighted by atomic mass is 9.83. The first-order chi connectivity index (χ1) is 13.0. The summed E-state index contributed by atoms with van der Waals surface area (Å²) in [5, 5.41) is 22.3. The van der Waals surface area contributed by atoms with Crippen molar-refractivity contribution in [3.05, 3.63) is 52.0 Å². The van der Waals surface area contributed by atoms with E-state index in [-0.39, 0.29) is 17.6 Å². The molecule has 0 unspecified atom stereocenters. The van der Waals surface area contributed by atoms with Crippen molar-refractivity contribution in [3.8, 4) is 10.6 Å². The zero-order chi connectivity index (χ0) is 19.1. The maximum absolute atomic E-state index is 12.2. The Hall–Kier alpha value is -2.16. The van der Waals surface area contributed by atoms with Crippen LogP contribution in [0.1, 0.15) is 19.0 Å². The second-order valence-electron chi connectivity index (χ2n) is 6.62. The Balaban J connectivity index is 1.49. The summed E-state index contributed by atoms with van der Waals surface area (Å²) in [7, 11) is 0. The average molecular weight is 402 g/mol. The Morgan fingerprint density at radius 2 is 2.15 bits per heavy atom. The van der Waals surface area contributed by atoms with E-state index in [2.05, 4.69) is 4.98 Å². The fraction of sp³-hybridized carbons (Fsp3) is 0.316. The van der Waals surface area contributed by atoms with Crippen molar-refractivity contribution in [3.63, 3.8) is 0 Å². The van der Waals surface area contributed by atoms with Gasteiger partial charge in [-0.25, -0.2) is 9.78 Å². The third-order valence-corrected chi connectivity index (χ3v) is 6.95. The van der Waals surface area contributed by atoms with Gasteiger partial charge in [0.2, 0.25) is 5.91 Å². The molecule has 2 aromatic rings. The minimum atomic E-state index is -1.10. The predicted molar refractivity (Wildman–Crippen MR) is 104 cm³/mol. The maximum Gasteiger partial charge on any atom is 0.353 e. The second-order valence-corrected chi connectivity index (χ2v) is 8.55. The number of benzene rings is 1. The number of aliphatic hydroxyl groups is 1. The number of fused-ring (bicyclic) bond motifs is 1. The lowest BCUT2D eigenvalue weighted by molar-refractivity contribution is -0.161. The first-order valence-electron chi connectivity index (χ1n) is 8.57. The number of hydrogen-bond donors (Lipinski definition) is 2. The van der Waals surface area contributed by atoms with Crippen LogP contribution in [0.15, 0.2) is 46.3 Å². The summed E-state index contributed by atoms with van der Waals surface area (Å²) < 4.78 is 0. The standard InChI is InChI=1S/C19H18N2O4S2/c1-10(22)15-13-7-14(16(19(24)25)21(13)18(15)23)26-8-12-9-27-17(20-12)11-5-3-2-4-6-11/h2-6,9-10,13,15,22H,7-8H2,1H3,(H,24,25)/t10-,13+,15+/m0/s1. The zero-order valence-corrected chi connectivity index (χ0v) is 16.2. The van der Waals surface area contributed by atoms with E-state index >= 15 is 0 Å². The summed E-state index contributed by atoms with van der Waals surface area (Å²) in [5.41, 5.74) is 2.00. The van der Waals surface area contributed by atoms with Gasteiger partial charge in [0.25, 0.3) is 0 Å². The summed E-state index contributed by atoms with van der Waals surface area (Å²) in [6.07, 6.45) is -0.298. The van der Waals surface area contributed by atoms with Gasteiger partial charge in [-0.15, -0.1) is 23.1 Å². The van der Waals surface area contributed by atoms with E-state index in [9.17, 15) is 19.8 Å². The van der Waals surface area contributed by atoms with Crippen molar-refractivity contribution in [1.82, 2.24) is 9.88 Å².